The molecule has 1 aliphatic carbocycles. The second kappa shape index (κ2) is 5.14. The highest BCUT2D eigenvalue weighted by atomic mass is 16.3. The van der Waals surface area contributed by atoms with Gasteiger partial charge in [-0.1, -0.05) is 12.8 Å². The third-order valence-corrected chi connectivity index (χ3v) is 3.79. The highest BCUT2D eigenvalue weighted by Gasteiger charge is 2.34. The SMILES string of the molecule is CN1C(=O)CCC(N[C@H]2CCCC[C@@H]2O)C1=O. The average Bonchev–Trinajstić information content (AvgIpc) is 2.32. The van der Waals surface area contributed by atoms with Gasteiger partial charge in [0.2, 0.25) is 11.8 Å². The quantitative estimate of drug-likeness (QED) is 0.668. The molecule has 0 bridgehead atoms. The molecule has 2 aliphatic rings. The van der Waals surface area contributed by atoms with Crippen molar-refractivity contribution in [1.82, 2.24) is 10.2 Å². The molecule has 2 amide bonds. The van der Waals surface area contributed by atoms with E-state index in [1.165, 1.54) is 11.9 Å². The van der Waals surface area contributed by atoms with Gasteiger partial charge in [-0.05, 0) is 19.3 Å². The van der Waals surface area contributed by atoms with Crippen molar-refractivity contribution in [3.05, 3.63) is 0 Å². The number of carbonyl (C=O) groups excluding carboxylic acids is 2. The molecule has 96 valence electrons. The molecule has 0 aromatic carbocycles. The molecule has 0 spiro atoms. The van der Waals surface area contributed by atoms with E-state index < -0.39 is 0 Å². The van der Waals surface area contributed by atoms with E-state index in [1.807, 2.05) is 0 Å². The summed E-state index contributed by atoms with van der Waals surface area (Å²) < 4.78 is 0. The second-order valence-corrected chi connectivity index (χ2v) is 5.01. The molecule has 5 heteroatoms. The summed E-state index contributed by atoms with van der Waals surface area (Å²) in [7, 11) is 1.52. The van der Waals surface area contributed by atoms with Gasteiger partial charge < -0.3 is 10.4 Å². The number of rotatable bonds is 2. The Balaban J connectivity index is 1.94. The molecule has 0 aromatic rings. The molecule has 1 heterocycles. The summed E-state index contributed by atoms with van der Waals surface area (Å²) in [5, 5.41) is 13.1. The number of imide groups is 1. The van der Waals surface area contributed by atoms with Crippen molar-refractivity contribution < 1.29 is 14.7 Å². The minimum Gasteiger partial charge on any atom is -0.392 e. The summed E-state index contributed by atoms with van der Waals surface area (Å²) in [5.41, 5.74) is 0. The topological polar surface area (TPSA) is 69.6 Å². The Morgan fingerprint density at radius 1 is 1.24 bits per heavy atom. The van der Waals surface area contributed by atoms with E-state index in [0.717, 1.165) is 25.7 Å². The van der Waals surface area contributed by atoms with Gasteiger partial charge >= 0.3 is 0 Å². The van der Waals surface area contributed by atoms with Crippen molar-refractivity contribution in [3.8, 4) is 0 Å². The first-order chi connectivity index (χ1) is 8.09. The summed E-state index contributed by atoms with van der Waals surface area (Å²) in [5.74, 6) is -0.281. The molecule has 0 aromatic heterocycles. The molecule has 0 radical (unpaired) electrons. The van der Waals surface area contributed by atoms with Crippen molar-refractivity contribution >= 4 is 11.8 Å². The Bertz CT molecular complexity index is 319. The van der Waals surface area contributed by atoms with Crippen molar-refractivity contribution in [2.24, 2.45) is 0 Å². The molecule has 2 rings (SSSR count). The Morgan fingerprint density at radius 3 is 2.65 bits per heavy atom. The van der Waals surface area contributed by atoms with Crippen LogP contribution in [-0.4, -0.2) is 47.1 Å². The number of aliphatic hydroxyl groups is 1. The maximum absolute atomic E-state index is 11.9. The number of hydrogen-bond donors (Lipinski definition) is 2. The van der Waals surface area contributed by atoms with Crippen molar-refractivity contribution in [2.45, 2.75) is 56.7 Å². The minimum atomic E-state index is -0.362. The number of carbonyl (C=O) groups is 2. The number of piperidine rings is 1. The largest absolute Gasteiger partial charge is 0.392 e. The van der Waals surface area contributed by atoms with Crippen LogP contribution < -0.4 is 5.32 Å². The van der Waals surface area contributed by atoms with E-state index >= 15 is 0 Å². The Labute approximate surface area is 101 Å². The fraction of sp³-hybridized carbons (Fsp3) is 0.833. The lowest BCUT2D eigenvalue weighted by Gasteiger charge is -2.35. The number of hydrogen-bond acceptors (Lipinski definition) is 4. The maximum Gasteiger partial charge on any atom is 0.246 e. The molecular weight excluding hydrogens is 220 g/mol. The minimum absolute atomic E-state index is 0.000646. The summed E-state index contributed by atoms with van der Waals surface area (Å²) in [6.45, 7) is 0. The molecule has 2 N–H and O–H groups in total. The fourth-order valence-corrected chi connectivity index (χ4v) is 2.63. The van der Waals surface area contributed by atoms with Gasteiger partial charge in [-0.15, -0.1) is 0 Å². The highest BCUT2D eigenvalue weighted by Crippen LogP contribution is 2.21. The van der Waals surface area contributed by atoms with Crippen LogP contribution in [0.4, 0.5) is 0 Å². The molecule has 1 aliphatic heterocycles. The van der Waals surface area contributed by atoms with Crippen molar-refractivity contribution in [2.75, 3.05) is 7.05 Å². The fourth-order valence-electron chi connectivity index (χ4n) is 2.63. The Hall–Kier alpha value is -0.940. The van der Waals surface area contributed by atoms with Gasteiger partial charge in [0.1, 0.15) is 0 Å². The van der Waals surface area contributed by atoms with E-state index in [0.29, 0.717) is 12.8 Å². The van der Waals surface area contributed by atoms with Crippen LogP contribution in [0.15, 0.2) is 0 Å². The standard InChI is InChI=1S/C12H20N2O3/c1-14-11(16)7-6-9(12(14)17)13-8-4-2-3-5-10(8)15/h8-10,13,15H,2-7H2,1H3/t8-,9?,10-/m0/s1. The Kier molecular flexibility index (Phi) is 3.79. The third kappa shape index (κ3) is 2.66. The zero-order chi connectivity index (χ0) is 12.4. The van der Waals surface area contributed by atoms with E-state index in [9.17, 15) is 14.7 Å². The van der Waals surface area contributed by atoms with E-state index in [4.69, 9.17) is 0 Å². The molecule has 5 nitrogen and oxygen atoms in total. The summed E-state index contributed by atoms with van der Waals surface area (Å²) in [6.07, 6.45) is 4.43. The van der Waals surface area contributed by atoms with Crippen LogP contribution >= 0.6 is 0 Å². The van der Waals surface area contributed by atoms with E-state index in [1.54, 1.807) is 0 Å². The number of nitrogens with one attached hydrogen (secondary N) is 1. The van der Waals surface area contributed by atoms with Crippen LogP contribution in [0.5, 0.6) is 0 Å². The van der Waals surface area contributed by atoms with E-state index in [2.05, 4.69) is 5.32 Å². The lowest BCUT2D eigenvalue weighted by Crippen LogP contribution is -2.56. The van der Waals surface area contributed by atoms with Gasteiger partial charge in [-0.25, -0.2) is 0 Å². The number of nitrogens with zero attached hydrogens (tertiary/aromatic N) is 1. The van der Waals surface area contributed by atoms with Gasteiger partial charge in [0.25, 0.3) is 0 Å². The molecule has 3 atom stereocenters. The number of aliphatic hydroxyl groups excluding tert-OH is 1. The van der Waals surface area contributed by atoms with Gasteiger partial charge in [-0.3, -0.25) is 14.5 Å². The Morgan fingerprint density at radius 2 is 1.94 bits per heavy atom. The lowest BCUT2D eigenvalue weighted by molar-refractivity contribution is -0.148. The summed E-state index contributed by atoms with van der Waals surface area (Å²) in [6, 6.07) is -0.310. The number of likely N-dealkylation sites (tertiary alicyclic amines) is 1. The van der Waals surface area contributed by atoms with Crippen LogP contribution in [0.2, 0.25) is 0 Å². The zero-order valence-electron chi connectivity index (χ0n) is 10.2. The smallest absolute Gasteiger partial charge is 0.246 e. The molecule has 17 heavy (non-hydrogen) atoms. The molecule has 2 fully saturated rings. The summed E-state index contributed by atoms with van der Waals surface area (Å²) >= 11 is 0. The first-order valence-corrected chi connectivity index (χ1v) is 6.34. The van der Waals surface area contributed by atoms with Gasteiger partial charge in [0, 0.05) is 19.5 Å². The van der Waals surface area contributed by atoms with Gasteiger partial charge in [0.05, 0.1) is 12.1 Å². The van der Waals surface area contributed by atoms with Crippen LogP contribution in [0.25, 0.3) is 0 Å². The second-order valence-electron chi connectivity index (χ2n) is 5.01. The number of amides is 2. The zero-order valence-corrected chi connectivity index (χ0v) is 10.2. The predicted octanol–water partition coefficient (Wildman–Crippen LogP) is 0.0269. The highest BCUT2D eigenvalue weighted by molar-refractivity contribution is 6.00. The third-order valence-electron chi connectivity index (χ3n) is 3.79. The van der Waals surface area contributed by atoms with Crippen molar-refractivity contribution in [1.29, 1.82) is 0 Å². The normalized spacial score (nSPS) is 35.2. The van der Waals surface area contributed by atoms with Gasteiger partial charge in [-0.2, -0.15) is 0 Å². The molecule has 1 saturated heterocycles. The molecule has 1 saturated carbocycles. The van der Waals surface area contributed by atoms with Gasteiger partial charge in [0.15, 0.2) is 0 Å². The monoisotopic (exact) mass is 240 g/mol. The predicted molar refractivity (Wildman–Crippen MR) is 62.2 cm³/mol. The van der Waals surface area contributed by atoms with Crippen LogP contribution in [0.1, 0.15) is 38.5 Å². The van der Waals surface area contributed by atoms with Crippen LogP contribution in [0.3, 0.4) is 0 Å². The molecule has 1 unspecified atom stereocenters. The average molecular weight is 240 g/mol. The first kappa shape index (κ1) is 12.5. The maximum atomic E-state index is 11.9. The van der Waals surface area contributed by atoms with E-state index in [-0.39, 0.29) is 30.0 Å². The molecular formula is C12H20N2O3. The summed E-state index contributed by atoms with van der Waals surface area (Å²) in [4.78, 5) is 24.4. The lowest BCUT2D eigenvalue weighted by atomic mass is 9.91. The number of likely N-dealkylation sites (N-methyl/N-ethyl adjacent to an activating group) is 1. The van der Waals surface area contributed by atoms with Crippen LogP contribution in [0, 0.1) is 0 Å². The van der Waals surface area contributed by atoms with Crippen LogP contribution in [-0.2, 0) is 9.59 Å². The van der Waals surface area contributed by atoms with Crippen molar-refractivity contribution in [3.63, 3.8) is 0 Å². The first-order valence-electron chi connectivity index (χ1n) is 6.34.